The van der Waals surface area contributed by atoms with Crippen LogP contribution in [-0.2, 0) is 10.8 Å². The summed E-state index contributed by atoms with van der Waals surface area (Å²) in [6.45, 7) is 9.26. The van der Waals surface area contributed by atoms with E-state index in [2.05, 4.69) is 56.2 Å². The van der Waals surface area contributed by atoms with Gasteiger partial charge in [0.2, 0.25) is 0 Å². The predicted octanol–water partition coefficient (Wildman–Crippen LogP) is 5.22. The van der Waals surface area contributed by atoms with Gasteiger partial charge in [-0.1, -0.05) is 39.8 Å². The maximum absolute atomic E-state index is 11.0. The quantitative estimate of drug-likeness (QED) is 0.579. The van der Waals surface area contributed by atoms with Crippen LogP contribution in [-0.4, -0.2) is 24.0 Å². The highest BCUT2D eigenvalue weighted by Gasteiger charge is 2.37. The molecule has 0 bridgehead atoms. The van der Waals surface area contributed by atoms with Crippen molar-refractivity contribution in [1.29, 1.82) is 0 Å². The molecule has 0 radical (unpaired) electrons. The lowest BCUT2D eigenvalue weighted by Crippen LogP contribution is -2.34. The molecule has 2 N–H and O–H groups in total. The fourth-order valence-corrected chi connectivity index (χ4v) is 3.83. The van der Waals surface area contributed by atoms with Gasteiger partial charge in [0.25, 0.3) is 0 Å². The number of benzene rings is 2. The first kappa shape index (κ1) is 19.2. The zero-order valence-electron chi connectivity index (χ0n) is 16.8. The van der Waals surface area contributed by atoms with Gasteiger partial charge in [-0.2, -0.15) is 0 Å². The van der Waals surface area contributed by atoms with Crippen molar-refractivity contribution in [3.05, 3.63) is 64.7 Å². The van der Waals surface area contributed by atoms with Gasteiger partial charge in [0.05, 0.1) is 5.56 Å². The Bertz CT molecular complexity index is 893. The van der Waals surface area contributed by atoms with Crippen LogP contribution in [0.3, 0.4) is 0 Å². The van der Waals surface area contributed by atoms with Crippen molar-refractivity contribution >= 4 is 17.5 Å². The lowest BCUT2D eigenvalue weighted by atomic mass is 9.63. The zero-order valence-corrected chi connectivity index (χ0v) is 16.8. The van der Waals surface area contributed by atoms with Crippen LogP contribution >= 0.6 is 0 Å². The Morgan fingerprint density at radius 2 is 1.48 bits per heavy atom. The second kappa shape index (κ2) is 6.84. The van der Waals surface area contributed by atoms with Gasteiger partial charge in [-0.3, -0.25) is 4.99 Å². The van der Waals surface area contributed by atoms with Crippen LogP contribution in [0.25, 0.3) is 0 Å². The van der Waals surface area contributed by atoms with Gasteiger partial charge in [0.15, 0.2) is 0 Å². The van der Waals surface area contributed by atoms with E-state index >= 15 is 0 Å². The summed E-state index contributed by atoms with van der Waals surface area (Å²) < 4.78 is 0. The number of aliphatic imine (C=N–C) groups is 1. The monoisotopic (exact) mass is 364 g/mol. The van der Waals surface area contributed by atoms with Crippen molar-refractivity contribution in [3.63, 3.8) is 0 Å². The number of nitrogens with one attached hydrogen (secondary N) is 1. The van der Waals surface area contributed by atoms with E-state index in [-0.39, 0.29) is 16.4 Å². The van der Waals surface area contributed by atoms with Gasteiger partial charge in [-0.05, 0) is 65.1 Å². The van der Waals surface area contributed by atoms with Gasteiger partial charge < -0.3 is 10.4 Å². The number of rotatable bonds is 3. The van der Waals surface area contributed by atoms with E-state index in [0.29, 0.717) is 0 Å². The Morgan fingerprint density at radius 1 is 0.926 bits per heavy atom. The van der Waals surface area contributed by atoms with Gasteiger partial charge in [-0.15, -0.1) is 0 Å². The molecular formula is C23H28N2O2. The van der Waals surface area contributed by atoms with Crippen LogP contribution in [0.4, 0.5) is 5.69 Å². The molecule has 0 saturated carbocycles. The van der Waals surface area contributed by atoms with Gasteiger partial charge in [-0.25, -0.2) is 4.79 Å². The number of carbonyl (C=O) groups is 1. The standard InChI is InChI=1S/C23H28N2O2/c1-22(2)12-13-23(3,4)19-14-16(8-11-18(19)22)20(24-5)25-17-9-6-15(7-10-17)21(26)27/h6-11,14H,12-13H2,1-5H3,(H,24,25)(H,26,27). The van der Waals surface area contributed by atoms with E-state index in [1.165, 1.54) is 24.0 Å². The zero-order chi connectivity index (χ0) is 19.8. The summed E-state index contributed by atoms with van der Waals surface area (Å²) in [7, 11) is 1.77. The summed E-state index contributed by atoms with van der Waals surface area (Å²) in [5, 5.41) is 12.4. The number of amidine groups is 1. The average Bonchev–Trinajstić information content (AvgIpc) is 2.64. The third kappa shape index (κ3) is 3.75. The molecule has 2 aromatic rings. The first-order valence-electron chi connectivity index (χ1n) is 9.37. The summed E-state index contributed by atoms with van der Waals surface area (Å²) in [6.07, 6.45) is 2.36. The fraction of sp³-hybridized carbons (Fsp3) is 0.391. The highest BCUT2D eigenvalue weighted by atomic mass is 16.4. The molecule has 0 aliphatic heterocycles. The molecule has 142 valence electrons. The maximum Gasteiger partial charge on any atom is 0.335 e. The number of carboxylic acid groups (broad SMARTS) is 1. The molecule has 0 fully saturated rings. The molecule has 0 spiro atoms. The minimum absolute atomic E-state index is 0.142. The molecule has 0 unspecified atom stereocenters. The summed E-state index contributed by atoms with van der Waals surface area (Å²) in [5.74, 6) is -0.148. The number of anilines is 1. The van der Waals surface area contributed by atoms with Gasteiger partial charge in [0.1, 0.15) is 5.84 Å². The van der Waals surface area contributed by atoms with Crippen LogP contribution < -0.4 is 5.32 Å². The Kier molecular flexibility index (Phi) is 4.85. The van der Waals surface area contributed by atoms with Crippen LogP contribution in [0.5, 0.6) is 0 Å². The molecule has 4 heteroatoms. The number of aromatic carboxylic acids is 1. The molecule has 0 atom stereocenters. The predicted molar refractivity (Wildman–Crippen MR) is 111 cm³/mol. The van der Waals surface area contributed by atoms with Gasteiger partial charge in [0, 0.05) is 18.3 Å². The van der Waals surface area contributed by atoms with Crippen LogP contribution in [0.2, 0.25) is 0 Å². The van der Waals surface area contributed by atoms with Crippen molar-refractivity contribution in [2.75, 3.05) is 12.4 Å². The van der Waals surface area contributed by atoms with E-state index in [1.54, 1.807) is 31.3 Å². The number of hydrogen-bond acceptors (Lipinski definition) is 2. The van der Waals surface area contributed by atoms with Crippen molar-refractivity contribution in [1.82, 2.24) is 0 Å². The molecule has 4 nitrogen and oxygen atoms in total. The normalized spacial score (nSPS) is 17.9. The molecule has 0 saturated heterocycles. The second-order valence-electron chi connectivity index (χ2n) is 8.61. The van der Waals surface area contributed by atoms with Crippen LogP contribution in [0.15, 0.2) is 47.5 Å². The van der Waals surface area contributed by atoms with Crippen molar-refractivity contribution in [3.8, 4) is 0 Å². The summed E-state index contributed by atoms with van der Waals surface area (Å²) in [4.78, 5) is 15.5. The Balaban J connectivity index is 1.94. The highest BCUT2D eigenvalue weighted by molar-refractivity contribution is 6.08. The van der Waals surface area contributed by atoms with E-state index < -0.39 is 5.97 Å². The summed E-state index contributed by atoms with van der Waals surface area (Å²) >= 11 is 0. The van der Waals surface area contributed by atoms with E-state index in [4.69, 9.17) is 5.11 Å². The average molecular weight is 364 g/mol. The van der Waals surface area contributed by atoms with Crippen molar-refractivity contribution in [2.24, 2.45) is 4.99 Å². The second-order valence-corrected chi connectivity index (χ2v) is 8.61. The number of nitrogens with zero attached hydrogens (tertiary/aromatic N) is 1. The largest absolute Gasteiger partial charge is 0.478 e. The Labute approximate surface area is 161 Å². The van der Waals surface area contributed by atoms with Crippen LogP contribution in [0.1, 0.15) is 67.6 Å². The molecule has 1 aliphatic rings. The van der Waals surface area contributed by atoms with Crippen molar-refractivity contribution < 1.29 is 9.90 Å². The third-order valence-corrected chi connectivity index (χ3v) is 5.74. The van der Waals surface area contributed by atoms with Gasteiger partial charge >= 0.3 is 5.97 Å². The van der Waals surface area contributed by atoms with E-state index in [0.717, 1.165) is 17.1 Å². The third-order valence-electron chi connectivity index (χ3n) is 5.74. The fourth-order valence-electron chi connectivity index (χ4n) is 3.83. The summed E-state index contributed by atoms with van der Waals surface area (Å²) in [6, 6.07) is 13.3. The first-order chi connectivity index (χ1) is 12.6. The number of fused-ring (bicyclic) bond motifs is 1. The SMILES string of the molecule is CN=C(Nc1ccc(C(=O)O)cc1)c1ccc2c(c1)C(C)(C)CCC2(C)C. The molecule has 1 aliphatic carbocycles. The van der Waals surface area contributed by atoms with Crippen molar-refractivity contribution in [2.45, 2.75) is 51.4 Å². The molecule has 27 heavy (non-hydrogen) atoms. The molecular weight excluding hydrogens is 336 g/mol. The molecule has 3 rings (SSSR count). The number of hydrogen-bond donors (Lipinski definition) is 2. The van der Waals surface area contributed by atoms with E-state index in [9.17, 15) is 4.79 Å². The Hall–Kier alpha value is -2.62. The highest BCUT2D eigenvalue weighted by Crippen LogP contribution is 2.45. The van der Waals surface area contributed by atoms with Crippen LogP contribution in [0, 0.1) is 0 Å². The minimum atomic E-state index is -0.925. The lowest BCUT2D eigenvalue weighted by molar-refractivity contribution is 0.0697. The van der Waals surface area contributed by atoms with E-state index in [1.807, 2.05) is 0 Å². The minimum Gasteiger partial charge on any atom is -0.478 e. The topological polar surface area (TPSA) is 61.7 Å². The molecule has 0 heterocycles. The number of carboxylic acids is 1. The first-order valence-corrected chi connectivity index (χ1v) is 9.37. The molecule has 2 aromatic carbocycles. The smallest absolute Gasteiger partial charge is 0.335 e. The maximum atomic E-state index is 11.0. The molecule has 0 amide bonds. The Morgan fingerprint density at radius 3 is 2.04 bits per heavy atom. The molecule has 0 aromatic heterocycles. The summed E-state index contributed by atoms with van der Waals surface area (Å²) in [5.41, 5.74) is 5.27. The lowest BCUT2D eigenvalue weighted by Gasteiger charge is -2.42.